The summed E-state index contributed by atoms with van der Waals surface area (Å²) in [4.78, 5) is 25.5. The average Bonchev–Trinajstić information content (AvgIpc) is 3.11. The van der Waals surface area contributed by atoms with E-state index in [0.29, 0.717) is 36.0 Å². The number of hydrogen-bond donors (Lipinski definition) is 0. The highest BCUT2D eigenvalue weighted by molar-refractivity contribution is 6.30. The second-order valence-corrected chi connectivity index (χ2v) is 7.28. The van der Waals surface area contributed by atoms with E-state index in [1.54, 1.807) is 17.0 Å². The van der Waals surface area contributed by atoms with Gasteiger partial charge in [0.15, 0.2) is 11.5 Å². The monoisotopic (exact) mass is 417 g/mol. The smallest absolute Gasteiger partial charge is 0.410 e. The van der Waals surface area contributed by atoms with Gasteiger partial charge in [0.05, 0.1) is 13.7 Å². The van der Waals surface area contributed by atoms with Gasteiger partial charge in [-0.05, 0) is 41.8 Å². The number of amides is 1. The lowest BCUT2D eigenvalue weighted by atomic mass is 10.1. The fourth-order valence-corrected chi connectivity index (χ4v) is 3.55. The van der Waals surface area contributed by atoms with Crippen molar-refractivity contribution in [3.8, 4) is 11.5 Å². The van der Waals surface area contributed by atoms with Crippen LogP contribution in [0, 0.1) is 0 Å². The van der Waals surface area contributed by atoms with E-state index < -0.39 is 12.1 Å². The van der Waals surface area contributed by atoms with Gasteiger partial charge in [-0.25, -0.2) is 9.59 Å². The molecule has 152 valence electrons. The largest absolute Gasteiger partial charge is 0.485 e. The summed E-state index contributed by atoms with van der Waals surface area (Å²) in [6, 6.07) is 12.8. The molecule has 2 aromatic carbocycles. The first-order chi connectivity index (χ1) is 14.0. The standard InChI is InChI=1S/C21H20ClNO6/c1-26-20(24)19-12-27-17-9-13(5-6-16(17)28-19)7-8-23-11-18(29-21(23)25)14-3-2-4-15(22)10-14/h2-6,9-10,18-19H,7-8,11-12H2,1H3/t18-,19?/m0/s1. The molecule has 1 saturated heterocycles. The zero-order valence-electron chi connectivity index (χ0n) is 15.8. The molecule has 0 saturated carbocycles. The summed E-state index contributed by atoms with van der Waals surface area (Å²) >= 11 is 6.03. The molecule has 2 atom stereocenters. The lowest BCUT2D eigenvalue weighted by Gasteiger charge is -2.25. The molecule has 2 aliphatic rings. The third-order valence-electron chi connectivity index (χ3n) is 4.91. The summed E-state index contributed by atoms with van der Waals surface area (Å²) < 4.78 is 21.4. The first-order valence-electron chi connectivity index (χ1n) is 9.24. The number of carbonyl (C=O) groups is 2. The summed E-state index contributed by atoms with van der Waals surface area (Å²) in [5, 5.41) is 0.614. The molecular weight excluding hydrogens is 398 g/mol. The summed E-state index contributed by atoms with van der Waals surface area (Å²) in [6.07, 6.45) is -0.791. The predicted molar refractivity (Wildman–Crippen MR) is 104 cm³/mol. The fraction of sp³-hybridized carbons (Fsp3) is 0.333. The maximum Gasteiger partial charge on any atom is 0.410 e. The van der Waals surface area contributed by atoms with Gasteiger partial charge < -0.3 is 23.8 Å². The number of rotatable bonds is 5. The number of esters is 1. The number of fused-ring (bicyclic) bond motifs is 1. The Morgan fingerprint density at radius 1 is 1.21 bits per heavy atom. The first kappa shape index (κ1) is 19.4. The zero-order chi connectivity index (χ0) is 20.4. The summed E-state index contributed by atoms with van der Waals surface area (Å²) in [7, 11) is 1.31. The second kappa shape index (κ2) is 8.21. The lowest BCUT2D eigenvalue weighted by Crippen LogP contribution is -2.37. The van der Waals surface area contributed by atoms with Crippen LogP contribution in [0.1, 0.15) is 17.2 Å². The molecule has 1 amide bonds. The normalized spacial score (nSPS) is 20.3. The Bertz CT molecular complexity index is 933. The van der Waals surface area contributed by atoms with Crippen molar-refractivity contribution in [1.29, 1.82) is 0 Å². The van der Waals surface area contributed by atoms with Gasteiger partial charge in [-0.15, -0.1) is 0 Å². The van der Waals surface area contributed by atoms with Crippen LogP contribution in [0.4, 0.5) is 4.79 Å². The molecule has 0 aromatic heterocycles. The molecule has 2 heterocycles. The lowest BCUT2D eigenvalue weighted by molar-refractivity contribution is -0.151. The van der Waals surface area contributed by atoms with Gasteiger partial charge in [0.1, 0.15) is 12.7 Å². The molecule has 0 N–H and O–H groups in total. The summed E-state index contributed by atoms with van der Waals surface area (Å²) in [6.45, 7) is 1.09. The molecule has 1 unspecified atom stereocenters. The first-order valence-corrected chi connectivity index (χ1v) is 9.62. The van der Waals surface area contributed by atoms with E-state index in [-0.39, 0.29) is 18.8 Å². The molecule has 8 heteroatoms. The number of hydrogen-bond acceptors (Lipinski definition) is 6. The molecule has 29 heavy (non-hydrogen) atoms. The molecule has 1 fully saturated rings. The van der Waals surface area contributed by atoms with E-state index in [9.17, 15) is 9.59 Å². The Morgan fingerprint density at radius 3 is 2.86 bits per heavy atom. The van der Waals surface area contributed by atoms with Crippen LogP contribution < -0.4 is 9.47 Å². The van der Waals surface area contributed by atoms with Crippen LogP contribution >= 0.6 is 11.6 Å². The third-order valence-corrected chi connectivity index (χ3v) is 5.15. The van der Waals surface area contributed by atoms with Gasteiger partial charge in [-0.1, -0.05) is 29.8 Å². The highest BCUT2D eigenvalue weighted by Gasteiger charge is 2.32. The van der Waals surface area contributed by atoms with Crippen molar-refractivity contribution in [2.24, 2.45) is 0 Å². The molecule has 0 aliphatic carbocycles. The van der Waals surface area contributed by atoms with Crippen LogP contribution in [-0.4, -0.2) is 49.9 Å². The van der Waals surface area contributed by atoms with Crippen molar-refractivity contribution in [2.75, 3.05) is 26.8 Å². The predicted octanol–water partition coefficient (Wildman–Crippen LogP) is 3.39. The van der Waals surface area contributed by atoms with Crippen molar-refractivity contribution in [2.45, 2.75) is 18.6 Å². The van der Waals surface area contributed by atoms with E-state index in [2.05, 4.69) is 4.74 Å². The average molecular weight is 418 g/mol. The number of benzene rings is 2. The van der Waals surface area contributed by atoms with Crippen molar-refractivity contribution < 1.29 is 28.5 Å². The van der Waals surface area contributed by atoms with Crippen LogP contribution in [0.15, 0.2) is 42.5 Å². The Balaban J connectivity index is 1.36. The van der Waals surface area contributed by atoms with Crippen molar-refractivity contribution in [1.82, 2.24) is 4.90 Å². The summed E-state index contributed by atoms with van der Waals surface area (Å²) in [5.74, 6) is 0.599. The number of nitrogens with zero attached hydrogens (tertiary/aromatic N) is 1. The maximum absolute atomic E-state index is 12.2. The van der Waals surface area contributed by atoms with E-state index >= 15 is 0 Å². The molecule has 0 radical (unpaired) electrons. The van der Waals surface area contributed by atoms with E-state index in [0.717, 1.165) is 11.1 Å². The van der Waals surface area contributed by atoms with Gasteiger partial charge in [0.25, 0.3) is 0 Å². The van der Waals surface area contributed by atoms with E-state index in [4.69, 9.17) is 25.8 Å². The van der Waals surface area contributed by atoms with Crippen LogP contribution in [0.2, 0.25) is 5.02 Å². The number of methoxy groups -OCH3 is 1. The van der Waals surface area contributed by atoms with Gasteiger partial charge in [-0.3, -0.25) is 0 Å². The van der Waals surface area contributed by atoms with Crippen LogP contribution in [0.3, 0.4) is 0 Å². The minimum Gasteiger partial charge on any atom is -0.485 e. The van der Waals surface area contributed by atoms with Crippen LogP contribution in [0.5, 0.6) is 11.5 Å². The van der Waals surface area contributed by atoms with Gasteiger partial charge >= 0.3 is 12.1 Å². The highest BCUT2D eigenvalue weighted by Crippen LogP contribution is 2.33. The Labute approximate surface area is 173 Å². The third kappa shape index (κ3) is 4.24. The quantitative estimate of drug-likeness (QED) is 0.694. The van der Waals surface area contributed by atoms with Gasteiger partial charge in [0.2, 0.25) is 6.10 Å². The van der Waals surface area contributed by atoms with Crippen LogP contribution in [0.25, 0.3) is 0 Å². The topological polar surface area (TPSA) is 74.3 Å². The molecule has 2 aliphatic heterocycles. The van der Waals surface area contributed by atoms with Gasteiger partial charge in [-0.2, -0.15) is 0 Å². The summed E-state index contributed by atoms with van der Waals surface area (Å²) in [5.41, 5.74) is 1.87. The van der Waals surface area contributed by atoms with E-state index in [1.165, 1.54) is 7.11 Å². The number of ether oxygens (including phenoxy) is 4. The molecule has 4 rings (SSSR count). The van der Waals surface area contributed by atoms with Gasteiger partial charge in [0, 0.05) is 11.6 Å². The highest BCUT2D eigenvalue weighted by atomic mass is 35.5. The molecule has 0 spiro atoms. The number of halogens is 1. The molecule has 2 aromatic rings. The fourth-order valence-electron chi connectivity index (χ4n) is 3.35. The molecule has 0 bridgehead atoms. The second-order valence-electron chi connectivity index (χ2n) is 6.85. The maximum atomic E-state index is 12.2. The van der Waals surface area contributed by atoms with Crippen molar-refractivity contribution in [3.63, 3.8) is 0 Å². The van der Waals surface area contributed by atoms with E-state index in [1.807, 2.05) is 30.3 Å². The molecular formula is C21H20ClNO6. The van der Waals surface area contributed by atoms with Crippen molar-refractivity contribution in [3.05, 3.63) is 58.6 Å². The molecule has 7 nitrogen and oxygen atoms in total. The minimum absolute atomic E-state index is 0.100. The zero-order valence-corrected chi connectivity index (χ0v) is 16.6. The van der Waals surface area contributed by atoms with Crippen molar-refractivity contribution >= 4 is 23.7 Å². The Morgan fingerprint density at radius 2 is 2.07 bits per heavy atom. The number of cyclic esters (lactones) is 1. The number of carbonyl (C=O) groups excluding carboxylic acids is 2. The van der Waals surface area contributed by atoms with Crippen LogP contribution in [-0.2, 0) is 20.7 Å². The minimum atomic E-state index is -0.763. The Hall–Kier alpha value is -2.93. The Kier molecular flexibility index (Phi) is 5.49. The SMILES string of the molecule is COC(=O)C1COc2cc(CCN3C[C@@H](c4cccc(Cl)c4)OC3=O)ccc2O1.